The van der Waals surface area contributed by atoms with Crippen LogP contribution < -0.4 is 16.0 Å². The second kappa shape index (κ2) is 8.00. The molecule has 5 rings (SSSR count). The molecule has 0 amide bonds. The lowest BCUT2D eigenvalue weighted by Crippen LogP contribution is -2.23. The number of hydrogen-bond acceptors (Lipinski definition) is 8. The van der Waals surface area contributed by atoms with Crippen LogP contribution >= 0.6 is 0 Å². The number of pyridine rings is 3. The molecule has 0 aliphatic carbocycles. The van der Waals surface area contributed by atoms with Gasteiger partial charge in [-0.15, -0.1) is 0 Å². The maximum atomic E-state index is 4.85. The van der Waals surface area contributed by atoms with Crippen LogP contribution in [0.5, 0.6) is 0 Å². The second-order valence-electron chi connectivity index (χ2n) is 7.40. The molecule has 150 valence electrons. The fourth-order valence-electron chi connectivity index (χ4n) is 3.56. The van der Waals surface area contributed by atoms with Crippen LogP contribution in [0.25, 0.3) is 22.3 Å². The predicted octanol–water partition coefficient (Wildman–Crippen LogP) is 3.31. The zero-order valence-electron chi connectivity index (χ0n) is 16.6. The lowest BCUT2D eigenvalue weighted by molar-refractivity contribution is 0.789. The molecule has 0 bridgehead atoms. The van der Waals surface area contributed by atoms with Gasteiger partial charge in [0.05, 0.1) is 11.7 Å². The molecule has 1 saturated heterocycles. The van der Waals surface area contributed by atoms with Crippen LogP contribution in [-0.4, -0.2) is 44.1 Å². The van der Waals surface area contributed by atoms with E-state index in [4.69, 9.17) is 9.97 Å². The molecule has 8 heteroatoms. The standard InChI is InChI=1S/C22H22N8/c1-14-2-8-25-19(10-14)29-20-11-15(3-9-26-20)21-28-18-13-24-7-5-17(18)22(30-21)27-16-4-6-23-12-16/h2-3,5,7-11,13,16,23H,4,6,12H2,1H3,(H,25,26,29)(H,27,28,30)/t16-/m1/s1. The van der Waals surface area contributed by atoms with Gasteiger partial charge in [-0.1, -0.05) is 0 Å². The van der Waals surface area contributed by atoms with E-state index in [1.807, 2.05) is 37.3 Å². The molecule has 5 heterocycles. The van der Waals surface area contributed by atoms with Gasteiger partial charge in [-0.05, 0) is 55.8 Å². The molecule has 0 unspecified atom stereocenters. The third-order valence-electron chi connectivity index (χ3n) is 5.09. The smallest absolute Gasteiger partial charge is 0.162 e. The van der Waals surface area contributed by atoms with Crippen LogP contribution in [0.15, 0.2) is 55.1 Å². The third kappa shape index (κ3) is 3.90. The third-order valence-corrected chi connectivity index (χ3v) is 5.09. The summed E-state index contributed by atoms with van der Waals surface area (Å²) in [4.78, 5) is 22.6. The quantitative estimate of drug-likeness (QED) is 0.471. The molecular formula is C22H22N8. The van der Waals surface area contributed by atoms with E-state index in [2.05, 4.69) is 30.9 Å². The molecule has 1 atom stereocenters. The van der Waals surface area contributed by atoms with Gasteiger partial charge in [0.15, 0.2) is 5.82 Å². The summed E-state index contributed by atoms with van der Waals surface area (Å²) in [7, 11) is 0. The van der Waals surface area contributed by atoms with Crippen LogP contribution in [0, 0.1) is 6.92 Å². The summed E-state index contributed by atoms with van der Waals surface area (Å²) in [5.74, 6) is 2.90. The molecule has 8 nitrogen and oxygen atoms in total. The van der Waals surface area contributed by atoms with Crippen molar-refractivity contribution in [1.29, 1.82) is 0 Å². The van der Waals surface area contributed by atoms with Crippen LogP contribution in [0.4, 0.5) is 17.5 Å². The highest BCUT2D eigenvalue weighted by Crippen LogP contribution is 2.26. The van der Waals surface area contributed by atoms with Gasteiger partial charge in [0.2, 0.25) is 0 Å². The Morgan fingerprint density at radius 1 is 1.00 bits per heavy atom. The van der Waals surface area contributed by atoms with Gasteiger partial charge in [0.25, 0.3) is 0 Å². The van der Waals surface area contributed by atoms with Crippen LogP contribution in [0.2, 0.25) is 0 Å². The van der Waals surface area contributed by atoms with Gasteiger partial charge in [0.1, 0.15) is 17.5 Å². The monoisotopic (exact) mass is 398 g/mol. The Balaban J connectivity index is 1.51. The van der Waals surface area contributed by atoms with E-state index in [0.29, 0.717) is 17.7 Å². The van der Waals surface area contributed by atoms with Crippen molar-refractivity contribution in [2.24, 2.45) is 0 Å². The van der Waals surface area contributed by atoms with Gasteiger partial charge < -0.3 is 16.0 Å². The molecule has 1 fully saturated rings. The van der Waals surface area contributed by atoms with E-state index in [-0.39, 0.29) is 0 Å². The van der Waals surface area contributed by atoms with Crippen LogP contribution in [-0.2, 0) is 0 Å². The van der Waals surface area contributed by atoms with Gasteiger partial charge in [-0.2, -0.15) is 0 Å². The minimum atomic E-state index is 0.353. The normalized spacial score (nSPS) is 16.0. The zero-order chi connectivity index (χ0) is 20.3. The number of nitrogens with one attached hydrogen (secondary N) is 3. The molecular weight excluding hydrogens is 376 g/mol. The van der Waals surface area contributed by atoms with Crippen molar-refractivity contribution in [3.05, 3.63) is 60.7 Å². The lowest BCUT2D eigenvalue weighted by Gasteiger charge is -2.15. The summed E-state index contributed by atoms with van der Waals surface area (Å²) in [6.07, 6.45) is 8.14. The van der Waals surface area contributed by atoms with Crippen LogP contribution in [0.3, 0.4) is 0 Å². The first-order chi connectivity index (χ1) is 14.7. The lowest BCUT2D eigenvalue weighted by atomic mass is 10.2. The largest absolute Gasteiger partial charge is 0.365 e. The summed E-state index contributed by atoms with van der Waals surface area (Å²) in [5, 5.41) is 11.2. The highest BCUT2D eigenvalue weighted by molar-refractivity contribution is 5.90. The van der Waals surface area contributed by atoms with Gasteiger partial charge >= 0.3 is 0 Å². The van der Waals surface area contributed by atoms with E-state index in [1.54, 1.807) is 24.8 Å². The van der Waals surface area contributed by atoms with E-state index in [0.717, 1.165) is 53.2 Å². The number of nitrogens with zero attached hydrogens (tertiary/aromatic N) is 5. The summed E-state index contributed by atoms with van der Waals surface area (Å²) in [6.45, 7) is 3.97. The Hall–Kier alpha value is -3.65. The first-order valence-electron chi connectivity index (χ1n) is 10.00. The molecule has 30 heavy (non-hydrogen) atoms. The first kappa shape index (κ1) is 18.4. The predicted molar refractivity (Wildman–Crippen MR) is 118 cm³/mol. The zero-order valence-corrected chi connectivity index (χ0v) is 16.6. The Bertz CT molecular complexity index is 1190. The number of aryl methyl sites for hydroxylation is 1. The molecule has 4 aromatic rings. The van der Waals surface area contributed by atoms with E-state index in [1.165, 1.54) is 0 Å². The summed E-state index contributed by atoms with van der Waals surface area (Å²) < 4.78 is 0. The molecule has 0 saturated carbocycles. The van der Waals surface area contributed by atoms with Crippen LogP contribution in [0.1, 0.15) is 12.0 Å². The molecule has 4 aromatic heterocycles. The topological polar surface area (TPSA) is 101 Å². The SMILES string of the molecule is Cc1ccnc(Nc2cc(-c3nc(N[C@@H]4CCNC4)c4ccncc4n3)ccn2)c1. The number of rotatable bonds is 5. The maximum absolute atomic E-state index is 4.85. The number of aromatic nitrogens is 5. The van der Waals surface area contributed by atoms with Crippen molar-refractivity contribution in [2.45, 2.75) is 19.4 Å². The summed E-state index contributed by atoms with van der Waals surface area (Å²) in [6, 6.07) is 10.1. The average Bonchev–Trinajstić information content (AvgIpc) is 3.27. The van der Waals surface area contributed by atoms with E-state index >= 15 is 0 Å². The molecule has 1 aliphatic rings. The van der Waals surface area contributed by atoms with Crippen molar-refractivity contribution in [3.63, 3.8) is 0 Å². The van der Waals surface area contributed by atoms with Gasteiger partial charge in [-0.3, -0.25) is 4.98 Å². The Morgan fingerprint density at radius 2 is 1.87 bits per heavy atom. The van der Waals surface area contributed by atoms with Crippen molar-refractivity contribution in [2.75, 3.05) is 23.7 Å². The molecule has 0 spiro atoms. The van der Waals surface area contributed by atoms with Crippen molar-refractivity contribution in [1.82, 2.24) is 30.2 Å². The van der Waals surface area contributed by atoms with E-state index in [9.17, 15) is 0 Å². The highest BCUT2D eigenvalue weighted by atomic mass is 15.1. The van der Waals surface area contributed by atoms with Gasteiger partial charge in [-0.25, -0.2) is 19.9 Å². The van der Waals surface area contributed by atoms with Crippen molar-refractivity contribution in [3.8, 4) is 11.4 Å². The molecule has 0 radical (unpaired) electrons. The van der Waals surface area contributed by atoms with E-state index < -0.39 is 0 Å². The first-order valence-corrected chi connectivity index (χ1v) is 10.00. The summed E-state index contributed by atoms with van der Waals surface area (Å²) in [5.41, 5.74) is 2.81. The Kier molecular flexibility index (Phi) is 4.90. The minimum absolute atomic E-state index is 0.353. The average molecular weight is 398 g/mol. The fraction of sp³-hybridized carbons (Fsp3) is 0.227. The second-order valence-corrected chi connectivity index (χ2v) is 7.40. The highest BCUT2D eigenvalue weighted by Gasteiger charge is 2.17. The number of anilines is 3. The molecule has 1 aliphatic heterocycles. The number of fused-ring (bicyclic) bond motifs is 1. The molecule has 0 aromatic carbocycles. The fourth-order valence-corrected chi connectivity index (χ4v) is 3.56. The molecule has 3 N–H and O–H groups in total. The van der Waals surface area contributed by atoms with Crippen molar-refractivity contribution < 1.29 is 0 Å². The minimum Gasteiger partial charge on any atom is -0.365 e. The maximum Gasteiger partial charge on any atom is 0.162 e. The van der Waals surface area contributed by atoms with Gasteiger partial charge in [0, 0.05) is 42.1 Å². The summed E-state index contributed by atoms with van der Waals surface area (Å²) >= 11 is 0. The Labute approximate surface area is 174 Å². The van der Waals surface area contributed by atoms with Crippen molar-refractivity contribution >= 4 is 28.4 Å². The Morgan fingerprint density at radius 3 is 2.70 bits per heavy atom. The number of hydrogen-bond donors (Lipinski definition) is 3.